The zero-order valence-corrected chi connectivity index (χ0v) is 12.3. The molecule has 0 radical (unpaired) electrons. The van der Waals surface area contributed by atoms with Crippen LogP contribution in [-0.2, 0) is 0 Å². The quantitative estimate of drug-likeness (QED) is 0.834. The van der Waals surface area contributed by atoms with Crippen molar-refractivity contribution in [1.82, 2.24) is 5.32 Å². The van der Waals surface area contributed by atoms with Gasteiger partial charge in [-0.2, -0.15) is 5.26 Å². The van der Waals surface area contributed by atoms with E-state index in [0.29, 0.717) is 5.56 Å². The van der Waals surface area contributed by atoms with Crippen molar-refractivity contribution in [2.24, 2.45) is 0 Å². The summed E-state index contributed by atoms with van der Waals surface area (Å²) in [7, 11) is 0. The van der Waals surface area contributed by atoms with Crippen molar-refractivity contribution in [3.8, 4) is 6.07 Å². The maximum absolute atomic E-state index is 12.6. The maximum Gasteiger partial charge on any atom is 0.253 e. The highest BCUT2D eigenvalue weighted by atomic mass is 16.1. The third-order valence-corrected chi connectivity index (χ3v) is 4.23. The lowest BCUT2D eigenvalue weighted by Crippen LogP contribution is -2.47. The van der Waals surface area contributed by atoms with Crippen LogP contribution in [0.3, 0.4) is 0 Å². The molecule has 1 amide bonds. The molecule has 1 fully saturated rings. The van der Waals surface area contributed by atoms with Gasteiger partial charge >= 0.3 is 0 Å². The van der Waals surface area contributed by atoms with E-state index in [4.69, 9.17) is 0 Å². The molecule has 20 heavy (non-hydrogen) atoms. The molecule has 1 N–H and O–H groups in total. The van der Waals surface area contributed by atoms with Crippen molar-refractivity contribution < 1.29 is 4.79 Å². The summed E-state index contributed by atoms with van der Waals surface area (Å²) >= 11 is 0. The Labute approximate surface area is 121 Å². The molecule has 0 aromatic heterocycles. The Hall–Kier alpha value is -1.82. The van der Waals surface area contributed by atoms with Crippen molar-refractivity contribution in [2.45, 2.75) is 57.9 Å². The van der Waals surface area contributed by atoms with Gasteiger partial charge in [-0.1, -0.05) is 43.9 Å². The highest BCUT2D eigenvalue weighted by Crippen LogP contribution is 2.27. The molecule has 0 atom stereocenters. The normalized spacial score (nSPS) is 17.9. The van der Waals surface area contributed by atoms with Gasteiger partial charge in [0.2, 0.25) is 0 Å². The van der Waals surface area contributed by atoms with Crippen LogP contribution in [0.5, 0.6) is 0 Å². The van der Waals surface area contributed by atoms with Crippen molar-refractivity contribution in [2.75, 3.05) is 0 Å². The Kier molecular flexibility index (Phi) is 4.44. The number of benzene rings is 1. The van der Waals surface area contributed by atoms with Gasteiger partial charge in [-0.15, -0.1) is 0 Å². The lowest BCUT2D eigenvalue weighted by atomic mass is 9.90. The molecule has 0 heterocycles. The van der Waals surface area contributed by atoms with Gasteiger partial charge in [0.1, 0.15) is 5.54 Å². The molecule has 3 nitrogen and oxygen atoms in total. The van der Waals surface area contributed by atoms with Gasteiger partial charge in [0.25, 0.3) is 5.91 Å². The van der Waals surface area contributed by atoms with Crippen LogP contribution in [-0.4, -0.2) is 11.4 Å². The smallest absolute Gasteiger partial charge is 0.253 e. The number of rotatable bonds is 2. The molecule has 1 aliphatic rings. The summed E-state index contributed by atoms with van der Waals surface area (Å²) in [5.74, 6) is -0.107. The van der Waals surface area contributed by atoms with Gasteiger partial charge in [0.15, 0.2) is 0 Å². The highest BCUT2D eigenvalue weighted by molar-refractivity contribution is 5.97. The number of carbonyl (C=O) groups excluding carboxylic acids is 1. The van der Waals surface area contributed by atoms with Gasteiger partial charge in [-0.3, -0.25) is 4.79 Å². The number of hydrogen-bond donors (Lipinski definition) is 1. The van der Waals surface area contributed by atoms with Crippen LogP contribution in [0.1, 0.15) is 60.0 Å². The van der Waals surface area contributed by atoms with Crippen LogP contribution < -0.4 is 5.32 Å². The van der Waals surface area contributed by atoms with E-state index in [2.05, 4.69) is 11.4 Å². The predicted octanol–water partition coefficient (Wildman–Crippen LogP) is 3.65. The van der Waals surface area contributed by atoms with Crippen LogP contribution in [0.2, 0.25) is 0 Å². The van der Waals surface area contributed by atoms with Crippen LogP contribution in [0.15, 0.2) is 18.2 Å². The molecule has 0 aliphatic heterocycles. The standard InChI is InChI=1S/C17H22N2O/c1-13-8-7-9-14(2)15(13)16(20)19-17(12-18)10-5-3-4-6-11-17/h7-9H,3-6,10-11H2,1-2H3,(H,19,20). The number of carbonyl (C=O) groups is 1. The zero-order chi connectivity index (χ0) is 14.6. The fourth-order valence-electron chi connectivity index (χ4n) is 3.05. The first-order valence-corrected chi connectivity index (χ1v) is 7.38. The van der Waals surface area contributed by atoms with E-state index < -0.39 is 5.54 Å². The third kappa shape index (κ3) is 3.01. The summed E-state index contributed by atoms with van der Waals surface area (Å²) in [6, 6.07) is 8.19. The monoisotopic (exact) mass is 270 g/mol. The van der Waals surface area contributed by atoms with Gasteiger partial charge in [0, 0.05) is 5.56 Å². The Morgan fingerprint density at radius 3 is 2.20 bits per heavy atom. The first-order chi connectivity index (χ1) is 9.58. The van der Waals surface area contributed by atoms with Crippen molar-refractivity contribution in [1.29, 1.82) is 5.26 Å². The Bertz CT molecular complexity index is 514. The number of nitriles is 1. The van der Waals surface area contributed by atoms with Crippen LogP contribution in [0, 0.1) is 25.2 Å². The Morgan fingerprint density at radius 1 is 1.15 bits per heavy atom. The lowest BCUT2D eigenvalue weighted by molar-refractivity contribution is 0.0911. The molecule has 0 spiro atoms. The molecule has 106 valence electrons. The minimum atomic E-state index is -0.678. The molecule has 1 aromatic carbocycles. The van der Waals surface area contributed by atoms with E-state index in [0.717, 1.165) is 49.7 Å². The molecule has 2 rings (SSSR count). The minimum Gasteiger partial charge on any atom is -0.334 e. The van der Waals surface area contributed by atoms with Crippen molar-refractivity contribution >= 4 is 5.91 Å². The minimum absolute atomic E-state index is 0.107. The highest BCUT2D eigenvalue weighted by Gasteiger charge is 2.33. The van der Waals surface area contributed by atoms with Crippen LogP contribution >= 0.6 is 0 Å². The predicted molar refractivity (Wildman–Crippen MR) is 79.4 cm³/mol. The zero-order valence-electron chi connectivity index (χ0n) is 12.3. The number of amides is 1. The summed E-state index contributed by atoms with van der Waals surface area (Å²) in [5.41, 5.74) is 1.96. The van der Waals surface area contributed by atoms with Crippen LogP contribution in [0.4, 0.5) is 0 Å². The molecular formula is C17H22N2O. The molecule has 1 aromatic rings. The van der Waals surface area contributed by atoms with Gasteiger partial charge < -0.3 is 5.32 Å². The average molecular weight is 270 g/mol. The van der Waals surface area contributed by atoms with Crippen molar-refractivity contribution in [3.63, 3.8) is 0 Å². The van der Waals surface area contributed by atoms with Gasteiger partial charge in [-0.05, 0) is 37.8 Å². The summed E-state index contributed by atoms with van der Waals surface area (Å²) < 4.78 is 0. The molecule has 0 saturated heterocycles. The van der Waals surface area contributed by atoms with Crippen molar-refractivity contribution in [3.05, 3.63) is 34.9 Å². The van der Waals surface area contributed by atoms with E-state index in [-0.39, 0.29) is 5.91 Å². The lowest BCUT2D eigenvalue weighted by Gasteiger charge is -2.27. The van der Waals surface area contributed by atoms with Gasteiger partial charge in [0.05, 0.1) is 6.07 Å². The Balaban J connectivity index is 2.23. The van der Waals surface area contributed by atoms with Crippen LogP contribution in [0.25, 0.3) is 0 Å². The topological polar surface area (TPSA) is 52.9 Å². The second-order valence-corrected chi connectivity index (χ2v) is 5.83. The fourth-order valence-corrected chi connectivity index (χ4v) is 3.05. The van der Waals surface area contributed by atoms with E-state index in [1.54, 1.807) is 0 Å². The summed E-state index contributed by atoms with van der Waals surface area (Å²) in [4.78, 5) is 12.6. The SMILES string of the molecule is Cc1cccc(C)c1C(=O)NC1(C#N)CCCCCC1. The first-order valence-electron chi connectivity index (χ1n) is 7.38. The number of hydrogen-bond acceptors (Lipinski definition) is 2. The van der Waals surface area contributed by atoms with Gasteiger partial charge in [-0.25, -0.2) is 0 Å². The number of nitrogens with one attached hydrogen (secondary N) is 1. The summed E-state index contributed by atoms with van der Waals surface area (Å²) in [6.07, 6.45) is 5.87. The third-order valence-electron chi connectivity index (χ3n) is 4.23. The largest absolute Gasteiger partial charge is 0.334 e. The Morgan fingerprint density at radius 2 is 1.70 bits per heavy atom. The molecule has 3 heteroatoms. The molecule has 0 bridgehead atoms. The summed E-state index contributed by atoms with van der Waals surface area (Å²) in [5, 5.41) is 12.6. The summed E-state index contributed by atoms with van der Waals surface area (Å²) in [6.45, 7) is 3.88. The maximum atomic E-state index is 12.6. The molecule has 0 unspecified atom stereocenters. The number of aryl methyl sites for hydroxylation is 2. The number of nitrogens with zero attached hydrogens (tertiary/aromatic N) is 1. The second-order valence-electron chi connectivity index (χ2n) is 5.83. The first kappa shape index (κ1) is 14.6. The fraction of sp³-hybridized carbons (Fsp3) is 0.529. The average Bonchev–Trinajstić information content (AvgIpc) is 2.64. The van der Waals surface area contributed by atoms with E-state index in [9.17, 15) is 10.1 Å². The second kappa shape index (κ2) is 6.09. The van der Waals surface area contributed by atoms with E-state index in [1.165, 1.54) is 0 Å². The van der Waals surface area contributed by atoms with E-state index in [1.807, 2.05) is 32.0 Å². The molecular weight excluding hydrogens is 248 g/mol. The molecule has 1 saturated carbocycles. The molecule has 1 aliphatic carbocycles. The van der Waals surface area contributed by atoms with E-state index >= 15 is 0 Å².